The zero-order valence-electron chi connectivity index (χ0n) is 13.5. The molecule has 0 spiro atoms. The van der Waals surface area contributed by atoms with E-state index in [1.165, 1.54) is 0 Å². The molecule has 1 aliphatic heterocycles. The molecule has 122 valence electrons. The molecule has 5 nitrogen and oxygen atoms in total. The van der Waals surface area contributed by atoms with E-state index >= 15 is 0 Å². The van der Waals surface area contributed by atoms with Gasteiger partial charge in [0.05, 0.1) is 13.7 Å². The number of aliphatic imine (C=N–C) groups is 1. The summed E-state index contributed by atoms with van der Waals surface area (Å²) in [6.07, 6.45) is 1.64. The highest BCUT2D eigenvalue weighted by Crippen LogP contribution is 2.33. The van der Waals surface area contributed by atoms with Gasteiger partial charge in [-0.15, -0.1) is 0 Å². The lowest BCUT2D eigenvalue weighted by molar-refractivity contribution is -0.129. The highest BCUT2D eigenvalue weighted by molar-refractivity contribution is 6.12. The van der Waals surface area contributed by atoms with E-state index in [1.807, 2.05) is 49.4 Å². The SMILES string of the molecule is CCOc1c(/C=C2\N=C(c3ccccc3)OC2=O)cccc1OC. The number of cyclic esters (lactones) is 1. The van der Waals surface area contributed by atoms with E-state index in [2.05, 4.69) is 4.99 Å². The van der Waals surface area contributed by atoms with Gasteiger partial charge in [0.15, 0.2) is 17.2 Å². The molecule has 0 saturated carbocycles. The maximum atomic E-state index is 12.1. The zero-order valence-corrected chi connectivity index (χ0v) is 13.5. The quantitative estimate of drug-likeness (QED) is 0.625. The molecule has 0 bridgehead atoms. The molecule has 0 saturated heterocycles. The topological polar surface area (TPSA) is 57.1 Å². The molecule has 0 amide bonds. The first-order valence-corrected chi connectivity index (χ1v) is 7.60. The van der Waals surface area contributed by atoms with Crippen molar-refractivity contribution < 1.29 is 19.0 Å². The molecule has 0 fully saturated rings. The van der Waals surface area contributed by atoms with Gasteiger partial charge in [-0.25, -0.2) is 9.79 Å². The number of hydrogen-bond acceptors (Lipinski definition) is 5. The predicted molar refractivity (Wildman–Crippen MR) is 91.2 cm³/mol. The highest BCUT2D eigenvalue weighted by Gasteiger charge is 2.24. The standard InChI is InChI=1S/C19H17NO4/c1-3-23-17-14(10-7-11-16(17)22-2)12-15-19(21)24-18(20-15)13-8-5-4-6-9-13/h4-12H,3H2,1-2H3/b15-12-. The Morgan fingerprint density at radius 2 is 1.92 bits per heavy atom. The normalized spacial score (nSPS) is 15.2. The summed E-state index contributed by atoms with van der Waals surface area (Å²) in [6.45, 7) is 2.37. The largest absolute Gasteiger partial charge is 0.493 e. The van der Waals surface area contributed by atoms with E-state index in [-0.39, 0.29) is 5.70 Å². The first kappa shape index (κ1) is 15.8. The molecular formula is C19H17NO4. The number of carbonyl (C=O) groups excluding carboxylic acids is 1. The third-order valence-corrected chi connectivity index (χ3v) is 3.45. The number of ether oxygens (including phenoxy) is 3. The number of rotatable bonds is 5. The van der Waals surface area contributed by atoms with Crippen LogP contribution in [-0.2, 0) is 9.53 Å². The first-order valence-electron chi connectivity index (χ1n) is 7.60. The van der Waals surface area contributed by atoms with Crippen LogP contribution in [0.3, 0.4) is 0 Å². The van der Waals surface area contributed by atoms with Crippen molar-refractivity contribution in [2.24, 2.45) is 4.99 Å². The molecule has 1 heterocycles. The van der Waals surface area contributed by atoms with Crippen molar-refractivity contribution in [2.45, 2.75) is 6.92 Å². The Morgan fingerprint density at radius 1 is 1.12 bits per heavy atom. The van der Waals surface area contributed by atoms with Crippen molar-refractivity contribution in [3.05, 3.63) is 65.4 Å². The fourth-order valence-electron chi connectivity index (χ4n) is 2.37. The average molecular weight is 323 g/mol. The van der Waals surface area contributed by atoms with Crippen molar-refractivity contribution in [2.75, 3.05) is 13.7 Å². The Kier molecular flexibility index (Phi) is 4.61. The first-order chi connectivity index (χ1) is 11.7. The van der Waals surface area contributed by atoms with Crippen LogP contribution in [0.25, 0.3) is 6.08 Å². The van der Waals surface area contributed by atoms with Gasteiger partial charge >= 0.3 is 5.97 Å². The summed E-state index contributed by atoms with van der Waals surface area (Å²) in [6, 6.07) is 14.8. The summed E-state index contributed by atoms with van der Waals surface area (Å²) in [7, 11) is 1.57. The van der Waals surface area contributed by atoms with Gasteiger partial charge in [-0.1, -0.05) is 30.3 Å². The molecule has 0 aromatic heterocycles. The summed E-state index contributed by atoms with van der Waals surface area (Å²) < 4.78 is 16.2. The molecule has 3 rings (SSSR count). The van der Waals surface area contributed by atoms with Crippen LogP contribution in [0.15, 0.2) is 59.2 Å². The van der Waals surface area contributed by atoms with Crippen LogP contribution in [0.2, 0.25) is 0 Å². The van der Waals surface area contributed by atoms with Crippen LogP contribution in [0.4, 0.5) is 0 Å². The van der Waals surface area contributed by atoms with E-state index in [0.717, 1.165) is 5.56 Å². The molecular weight excluding hydrogens is 306 g/mol. The van der Waals surface area contributed by atoms with Crippen molar-refractivity contribution in [1.29, 1.82) is 0 Å². The Hall–Kier alpha value is -3.08. The van der Waals surface area contributed by atoms with Crippen LogP contribution in [0.5, 0.6) is 11.5 Å². The Balaban J connectivity index is 2.00. The minimum absolute atomic E-state index is 0.225. The van der Waals surface area contributed by atoms with Crippen LogP contribution in [-0.4, -0.2) is 25.6 Å². The predicted octanol–water partition coefficient (Wildman–Crippen LogP) is 3.44. The molecule has 5 heteroatoms. The molecule has 0 radical (unpaired) electrons. The van der Waals surface area contributed by atoms with Gasteiger partial charge in [0, 0.05) is 11.1 Å². The highest BCUT2D eigenvalue weighted by atomic mass is 16.6. The maximum Gasteiger partial charge on any atom is 0.363 e. The minimum Gasteiger partial charge on any atom is -0.493 e. The van der Waals surface area contributed by atoms with Gasteiger partial charge < -0.3 is 14.2 Å². The summed E-state index contributed by atoms with van der Waals surface area (Å²) in [5.74, 6) is 0.989. The van der Waals surface area contributed by atoms with Crippen LogP contribution in [0, 0.1) is 0 Å². The second kappa shape index (κ2) is 7.00. The summed E-state index contributed by atoms with van der Waals surface area (Å²) in [5.41, 5.74) is 1.69. The van der Waals surface area contributed by atoms with Crippen molar-refractivity contribution in [3.63, 3.8) is 0 Å². The zero-order chi connectivity index (χ0) is 16.9. The van der Waals surface area contributed by atoms with Gasteiger partial charge in [0.1, 0.15) is 0 Å². The smallest absolute Gasteiger partial charge is 0.363 e. The van der Waals surface area contributed by atoms with Gasteiger partial charge in [-0.2, -0.15) is 0 Å². The Bertz CT molecular complexity index is 809. The molecule has 0 unspecified atom stereocenters. The van der Waals surface area contributed by atoms with E-state index in [1.54, 1.807) is 19.3 Å². The lowest BCUT2D eigenvalue weighted by Gasteiger charge is -2.11. The van der Waals surface area contributed by atoms with Crippen LogP contribution >= 0.6 is 0 Å². The van der Waals surface area contributed by atoms with Crippen molar-refractivity contribution >= 4 is 17.9 Å². The number of carbonyl (C=O) groups is 1. The lowest BCUT2D eigenvalue weighted by Crippen LogP contribution is -2.05. The minimum atomic E-state index is -0.487. The number of methoxy groups -OCH3 is 1. The third kappa shape index (κ3) is 3.15. The average Bonchev–Trinajstić information content (AvgIpc) is 2.98. The monoisotopic (exact) mass is 323 g/mol. The van der Waals surface area contributed by atoms with Crippen LogP contribution < -0.4 is 9.47 Å². The Morgan fingerprint density at radius 3 is 2.62 bits per heavy atom. The van der Waals surface area contributed by atoms with E-state index in [4.69, 9.17) is 14.2 Å². The summed E-state index contributed by atoms with van der Waals surface area (Å²) in [4.78, 5) is 16.4. The number of esters is 1. The second-order valence-electron chi connectivity index (χ2n) is 5.01. The summed E-state index contributed by atoms with van der Waals surface area (Å²) in [5, 5.41) is 0. The van der Waals surface area contributed by atoms with Crippen LogP contribution in [0.1, 0.15) is 18.1 Å². The molecule has 0 aliphatic carbocycles. The number of nitrogens with zero attached hydrogens (tertiary/aromatic N) is 1. The number of benzene rings is 2. The van der Waals surface area contributed by atoms with Gasteiger partial charge in [0.25, 0.3) is 0 Å². The third-order valence-electron chi connectivity index (χ3n) is 3.45. The Labute approximate surface area is 140 Å². The van der Waals surface area contributed by atoms with E-state index < -0.39 is 5.97 Å². The summed E-state index contributed by atoms with van der Waals surface area (Å²) >= 11 is 0. The van der Waals surface area contributed by atoms with Crippen molar-refractivity contribution in [3.8, 4) is 11.5 Å². The van der Waals surface area contributed by atoms with E-state index in [0.29, 0.717) is 29.6 Å². The van der Waals surface area contributed by atoms with Gasteiger partial charge in [0.2, 0.25) is 5.90 Å². The fraction of sp³-hybridized carbons (Fsp3) is 0.158. The maximum absolute atomic E-state index is 12.1. The van der Waals surface area contributed by atoms with Crippen molar-refractivity contribution in [1.82, 2.24) is 0 Å². The molecule has 2 aromatic carbocycles. The van der Waals surface area contributed by atoms with Gasteiger partial charge in [-0.05, 0) is 31.2 Å². The van der Waals surface area contributed by atoms with E-state index in [9.17, 15) is 4.79 Å². The molecule has 24 heavy (non-hydrogen) atoms. The molecule has 0 atom stereocenters. The number of hydrogen-bond donors (Lipinski definition) is 0. The lowest BCUT2D eigenvalue weighted by atomic mass is 10.1. The number of para-hydroxylation sites is 1. The fourth-order valence-corrected chi connectivity index (χ4v) is 2.37. The van der Waals surface area contributed by atoms with Gasteiger partial charge in [-0.3, -0.25) is 0 Å². The molecule has 1 aliphatic rings. The molecule has 0 N–H and O–H groups in total. The molecule has 2 aromatic rings. The second-order valence-corrected chi connectivity index (χ2v) is 5.01.